The van der Waals surface area contributed by atoms with Crippen LogP contribution in [-0.4, -0.2) is 47.5 Å². The summed E-state index contributed by atoms with van der Waals surface area (Å²) in [7, 11) is 0. The van der Waals surface area contributed by atoms with E-state index in [4.69, 9.17) is 23.2 Å². The Bertz CT molecular complexity index is 507. The Hall–Kier alpha value is -0.880. The first-order valence-corrected chi connectivity index (χ1v) is 7.21. The first-order chi connectivity index (χ1) is 9.38. The predicted octanol–water partition coefficient (Wildman–Crippen LogP) is 2.01. The molecule has 0 saturated carbocycles. The molecule has 1 fully saturated rings. The number of pyridine rings is 1. The minimum Gasteiger partial charge on any atom is -0.314 e. The summed E-state index contributed by atoms with van der Waals surface area (Å²) in [6.45, 7) is 7.12. The highest BCUT2D eigenvalue weighted by molar-refractivity contribution is 6.36. The molecule has 2 rings (SSSR count). The van der Waals surface area contributed by atoms with E-state index >= 15 is 0 Å². The van der Waals surface area contributed by atoms with Crippen LogP contribution in [0.3, 0.4) is 0 Å². The van der Waals surface area contributed by atoms with Crippen LogP contribution < -0.4 is 10.6 Å². The molecule has 0 aliphatic carbocycles. The number of amides is 1. The van der Waals surface area contributed by atoms with Gasteiger partial charge in [-0.2, -0.15) is 0 Å². The fraction of sp³-hybridized carbons (Fsp3) is 0.538. The molecule has 1 amide bonds. The summed E-state index contributed by atoms with van der Waals surface area (Å²) >= 11 is 11.8. The van der Waals surface area contributed by atoms with Crippen molar-refractivity contribution in [2.24, 2.45) is 0 Å². The minimum atomic E-state index is -0.128. The van der Waals surface area contributed by atoms with Crippen molar-refractivity contribution in [3.8, 4) is 0 Å². The Kier molecular flexibility index (Phi) is 4.86. The molecule has 20 heavy (non-hydrogen) atoms. The molecule has 2 heterocycles. The quantitative estimate of drug-likeness (QED) is 0.895. The Morgan fingerprint density at radius 3 is 2.95 bits per heavy atom. The summed E-state index contributed by atoms with van der Waals surface area (Å²) < 4.78 is 0. The zero-order valence-electron chi connectivity index (χ0n) is 11.5. The molecule has 2 N–H and O–H groups in total. The minimum absolute atomic E-state index is 0.0488. The molecule has 1 aromatic rings. The molecule has 0 radical (unpaired) electrons. The topological polar surface area (TPSA) is 57.3 Å². The van der Waals surface area contributed by atoms with Crippen LogP contribution >= 0.6 is 23.2 Å². The molecule has 0 unspecified atom stereocenters. The van der Waals surface area contributed by atoms with E-state index in [-0.39, 0.29) is 11.4 Å². The van der Waals surface area contributed by atoms with Gasteiger partial charge in [-0.3, -0.25) is 9.69 Å². The molecule has 5 nitrogen and oxygen atoms in total. The van der Waals surface area contributed by atoms with E-state index < -0.39 is 0 Å². The molecule has 0 bridgehead atoms. The van der Waals surface area contributed by atoms with Crippen molar-refractivity contribution in [2.75, 3.05) is 31.5 Å². The van der Waals surface area contributed by atoms with Crippen molar-refractivity contribution < 1.29 is 4.79 Å². The average molecular weight is 317 g/mol. The fourth-order valence-corrected chi connectivity index (χ4v) is 2.59. The highest BCUT2D eigenvalue weighted by Crippen LogP contribution is 2.23. The van der Waals surface area contributed by atoms with Gasteiger partial charge in [0.15, 0.2) is 5.82 Å². The number of hydrogen-bond donors (Lipinski definition) is 2. The fourth-order valence-electron chi connectivity index (χ4n) is 2.17. The largest absolute Gasteiger partial charge is 0.314 e. The molecule has 0 spiro atoms. The number of piperazine rings is 1. The van der Waals surface area contributed by atoms with Gasteiger partial charge in [0.1, 0.15) is 0 Å². The summed E-state index contributed by atoms with van der Waals surface area (Å²) in [6, 6.07) is 1.56. The first kappa shape index (κ1) is 15.5. The second-order valence-corrected chi connectivity index (χ2v) is 6.29. The molecule has 110 valence electrons. The number of nitrogens with zero attached hydrogens (tertiary/aromatic N) is 2. The van der Waals surface area contributed by atoms with E-state index in [1.54, 1.807) is 6.07 Å². The van der Waals surface area contributed by atoms with Crippen LogP contribution in [0.1, 0.15) is 13.8 Å². The van der Waals surface area contributed by atoms with Crippen LogP contribution in [0, 0.1) is 0 Å². The second kappa shape index (κ2) is 6.26. The third-order valence-electron chi connectivity index (χ3n) is 3.37. The predicted molar refractivity (Wildman–Crippen MR) is 81.4 cm³/mol. The first-order valence-electron chi connectivity index (χ1n) is 6.45. The molecule has 0 atom stereocenters. The van der Waals surface area contributed by atoms with Gasteiger partial charge in [-0.1, -0.05) is 23.2 Å². The van der Waals surface area contributed by atoms with E-state index in [9.17, 15) is 4.79 Å². The number of rotatable bonds is 3. The molecule has 1 saturated heterocycles. The third kappa shape index (κ3) is 3.82. The van der Waals surface area contributed by atoms with E-state index in [0.717, 1.165) is 19.6 Å². The maximum atomic E-state index is 12.1. The normalized spacial score (nSPS) is 18.8. The molecule has 1 aromatic heterocycles. The van der Waals surface area contributed by atoms with Gasteiger partial charge in [0.05, 0.1) is 16.6 Å². The highest BCUT2D eigenvalue weighted by atomic mass is 35.5. The number of hydrogen-bond acceptors (Lipinski definition) is 4. The molecule has 1 aliphatic heterocycles. The Morgan fingerprint density at radius 2 is 2.30 bits per heavy atom. The second-order valence-electron chi connectivity index (χ2n) is 5.44. The highest BCUT2D eigenvalue weighted by Gasteiger charge is 2.30. The summed E-state index contributed by atoms with van der Waals surface area (Å²) in [6.07, 6.45) is 1.46. The van der Waals surface area contributed by atoms with Crippen LogP contribution in [-0.2, 0) is 4.79 Å². The number of carbonyl (C=O) groups is 1. The lowest BCUT2D eigenvalue weighted by Gasteiger charge is -2.42. The summed E-state index contributed by atoms with van der Waals surface area (Å²) in [5.74, 6) is 0.214. The lowest BCUT2D eigenvalue weighted by atomic mass is 10.0. The zero-order valence-corrected chi connectivity index (χ0v) is 13.1. The van der Waals surface area contributed by atoms with Crippen molar-refractivity contribution in [1.29, 1.82) is 0 Å². The molecule has 0 aromatic carbocycles. The van der Waals surface area contributed by atoms with Crippen LogP contribution in [0.5, 0.6) is 0 Å². The Morgan fingerprint density at radius 1 is 1.55 bits per heavy atom. The smallest absolute Gasteiger partial charge is 0.239 e. The van der Waals surface area contributed by atoms with E-state index in [1.807, 2.05) is 0 Å². The van der Waals surface area contributed by atoms with Crippen molar-refractivity contribution in [3.05, 3.63) is 22.3 Å². The third-order valence-corrected chi connectivity index (χ3v) is 3.87. The summed E-state index contributed by atoms with van der Waals surface area (Å²) in [5.41, 5.74) is -0.0488. The number of carbonyl (C=O) groups excluding carboxylic acids is 1. The van der Waals surface area contributed by atoms with E-state index in [0.29, 0.717) is 22.4 Å². The average Bonchev–Trinajstić information content (AvgIpc) is 2.35. The van der Waals surface area contributed by atoms with Gasteiger partial charge in [0, 0.05) is 31.4 Å². The molecular weight excluding hydrogens is 299 g/mol. The standard InChI is InChI=1S/C13H18Cl2N4O/c1-13(2)8-16-3-4-19(13)7-11(20)18-12-10(15)5-9(14)6-17-12/h5-6,16H,3-4,7-8H2,1-2H3,(H,17,18,20). The van der Waals surface area contributed by atoms with Gasteiger partial charge in [-0.05, 0) is 19.9 Å². The van der Waals surface area contributed by atoms with Crippen molar-refractivity contribution in [1.82, 2.24) is 15.2 Å². The number of aromatic nitrogens is 1. The lowest BCUT2D eigenvalue weighted by Crippen LogP contribution is -2.59. The van der Waals surface area contributed by atoms with Gasteiger partial charge < -0.3 is 10.6 Å². The summed E-state index contributed by atoms with van der Waals surface area (Å²) in [4.78, 5) is 18.3. The van der Waals surface area contributed by atoms with Crippen molar-refractivity contribution >= 4 is 34.9 Å². The van der Waals surface area contributed by atoms with E-state index in [2.05, 4.69) is 34.4 Å². The van der Waals surface area contributed by atoms with Crippen LogP contribution in [0.2, 0.25) is 10.0 Å². The summed E-state index contributed by atoms with van der Waals surface area (Å²) in [5, 5.41) is 6.82. The molecular formula is C13H18Cl2N4O. The van der Waals surface area contributed by atoms with Gasteiger partial charge in [0.2, 0.25) is 5.91 Å². The Balaban J connectivity index is 1.98. The maximum absolute atomic E-state index is 12.1. The molecule has 1 aliphatic rings. The maximum Gasteiger partial charge on any atom is 0.239 e. The lowest BCUT2D eigenvalue weighted by molar-refractivity contribution is -0.119. The van der Waals surface area contributed by atoms with Gasteiger partial charge >= 0.3 is 0 Å². The SMILES string of the molecule is CC1(C)CNCCN1CC(=O)Nc1ncc(Cl)cc1Cl. The van der Waals surface area contributed by atoms with Gasteiger partial charge in [-0.25, -0.2) is 4.98 Å². The van der Waals surface area contributed by atoms with Crippen molar-refractivity contribution in [3.63, 3.8) is 0 Å². The van der Waals surface area contributed by atoms with Crippen LogP contribution in [0.4, 0.5) is 5.82 Å². The Labute approximate surface area is 128 Å². The van der Waals surface area contributed by atoms with E-state index in [1.165, 1.54) is 6.20 Å². The van der Waals surface area contributed by atoms with Gasteiger partial charge in [0.25, 0.3) is 0 Å². The zero-order chi connectivity index (χ0) is 14.8. The number of nitrogens with one attached hydrogen (secondary N) is 2. The monoisotopic (exact) mass is 316 g/mol. The number of halogens is 2. The van der Waals surface area contributed by atoms with Crippen LogP contribution in [0.25, 0.3) is 0 Å². The van der Waals surface area contributed by atoms with Crippen LogP contribution in [0.15, 0.2) is 12.3 Å². The van der Waals surface area contributed by atoms with Gasteiger partial charge in [-0.15, -0.1) is 0 Å². The number of anilines is 1. The van der Waals surface area contributed by atoms with Crippen molar-refractivity contribution in [2.45, 2.75) is 19.4 Å². The molecule has 7 heteroatoms.